The molecule has 0 saturated carbocycles. The van der Waals surface area contributed by atoms with Crippen LogP contribution in [-0.2, 0) is 22.1 Å². The van der Waals surface area contributed by atoms with E-state index in [1.165, 1.54) is 6.07 Å². The second kappa shape index (κ2) is 5.49. The summed E-state index contributed by atoms with van der Waals surface area (Å²) >= 11 is 0. The highest BCUT2D eigenvalue weighted by molar-refractivity contribution is 5.72. The Morgan fingerprint density at radius 1 is 1.56 bits per heavy atom. The van der Waals surface area contributed by atoms with Crippen LogP contribution in [0.2, 0.25) is 0 Å². The van der Waals surface area contributed by atoms with E-state index in [9.17, 15) is 18.0 Å². The first-order chi connectivity index (χ1) is 8.38. The molecule has 4 nitrogen and oxygen atoms in total. The molecule has 0 saturated heterocycles. The average molecular weight is 258 g/mol. The number of hydrogen-bond acceptors (Lipinski definition) is 4. The summed E-state index contributed by atoms with van der Waals surface area (Å²) < 4.78 is 42.4. The zero-order valence-corrected chi connectivity index (χ0v) is 9.41. The van der Waals surface area contributed by atoms with Crippen LogP contribution in [0.15, 0.2) is 12.3 Å². The molecule has 0 aromatic carbocycles. The Hall–Kier alpha value is -2.10. The molecular weight excluding hydrogens is 249 g/mol. The van der Waals surface area contributed by atoms with Crippen molar-refractivity contribution in [1.82, 2.24) is 4.98 Å². The number of carbonyl (C=O) groups is 1. The van der Waals surface area contributed by atoms with Gasteiger partial charge in [-0.25, -0.2) is 4.98 Å². The molecule has 0 aliphatic carbocycles. The van der Waals surface area contributed by atoms with Gasteiger partial charge in [0.1, 0.15) is 6.07 Å². The molecule has 1 rings (SSSR count). The van der Waals surface area contributed by atoms with Gasteiger partial charge in [-0.05, 0) is 18.6 Å². The van der Waals surface area contributed by atoms with Crippen molar-refractivity contribution in [1.29, 1.82) is 5.26 Å². The van der Waals surface area contributed by atoms with Gasteiger partial charge in [-0.3, -0.25) is 4.79 Å². The second-order valence-electron chi connectivity index (χ2n) is 3.33. The summed E-state index contributed by atoms with van der Waals surface area (Å²) in [4.78, 5) is 14.5. The number of nitriles is 1. The second-order valence-corrected chi connectivity index (χ2v) is 3.33. The molecule has 18 heavy (non-hydrogen) atoms. The molecule has 0 bridgehead atoms. The van der Waals surface area contributed by atoms with Crippen molar-refractivity contribution >= 4 is 5.97 Å². The van der Waals surface area contributed by atoms with E-state index in [4.69, 9.17) is 5.26 Å². The lowest BCUT2D eigenvalue weighted by Gasteiger charge is -2.09. The van der Waals surface area contributed by atoms with Crippen molar-refractivity contribution in [2.75, 3.05) is 6.61 Å². The molecule has 0 atom stereocenters. The topological polar surface area (TPSA) is 63.0 Å². The Morgan fingerprint density at radius 2 is 2.22 bits per heavy atom. The normalized spacial score (nSPS) is 10.8. The van der Waals surface area contributed by atoms with Crippen LogP contribution in [0.4, 0.5) is 13.2 Å². The van der Waals surface area contributed by atoms with E-state index in [0.29, 0.717) is 0 Å². The molecule has 0 amide bonds. The fraction of sp³-hybridized carbons (Fsp3) is 0.364. The van der Waals surface area contributed by atoms with E-state index in [0.717, 1.165) is 12.3 Å². The lowest BCUT2D eigenvalue weighted by molar-refractivity contribution is -0.142. The van der Waals surface area contributed by atoms with E-state index >= 15 is 0 Å². The SMILES string of the molecule is CCOC(=O)Cc1cnc(C#N)c(C(F)(F)F)c1. The smallest absolute Gasteiger partial charge is 0.419 e. The van der Waals surface area contributed by atoms with Crippen molar-refractivity contribution in [3.05, 3.63) is 29.1 Å². The first-order valence-electron chi connectivity index (χ1n) is 5.00. The zero-order chi connectivity index (χ0) is 13.8. The first-order valence-corrected chi connectivity index (χ1v) is 5.00. The third-order valence-electron chi connectivity index (χ3n) is 2.01. The van der Waals surface area contributed by atoms with E-state index in [1.54, 1.807) is 6.92 Å². The summed E-state index contributed by atoms with van der Waals surface area (Å²) in [5.41, 5.74) is -1.80. The van der Waals surface area contributed by atoms with Crippen molar-refractivity contribution in [2.24, 2.45) is 0 Å². The number of esters is 1. The summed E-state index contributed by atoms with van der Waals surface area (Å²) in [6, 6.07) is 2.10. The third-order valence-corrected chi connectivity index (χ3v) is 2.01. The highest BCUT2D eigenvalue weighted by Crippen LogP contribution is 2.31. The molecule has 0 radical (unpaired) electrons. The lowest BCUT2D eigenvalue weighted by Crippen LogP contribution is -2.13. The van der Waals surface area contributed by atoms with Gasteiger partial charge < -0.3 is 4.74 Å². The van der Waals surface area contributed by atoms with Gasteiger partial charge in [0.05, 0.1) is 18.6 Å². The Kier molecular flexibility index (Phi) is 4.26. The molecule has 1 heterocycles. The molecule has 96 valence electrons. The van der Waals surface area contributed by atoms with Gasteiger partial charge in [-0.2, -0.15) is 18.4 Å². The monoisotopic (exact) mass is 258 g/mol. The Balaban J connectivity index is 3.05. The summed E-state index contributed by atoms with van der Waals surface area (Å²) in [5.74, 6) is -0.642. The van der Waals surface area contributed by atoms with Crippen molar-refractivity contribution in [2.45, 2.75) is 19.5 Å². The predicted molar refractivity (Wildman–Crippen MR) is 54.3 cm³/mol. The molecule has 0 N–H and O–H groups in total. The van der Waals surface area contributed by atoms with Gasteiger partial charge >= 0.3 is 12.1 Å². The highest BCUT2D eigenvalue weighted by atomic mass is 19.4. The Bertz CT molecular complexity index is 492. The van der Waals surface area contributed by atoms with Gasteiger partial charge in [0.15, 0.2) is 5.69 Å². The Morgan fingerprint density at radius 3 is 2.72 bits per heavy atom. The summed E-state index contributed by atoms with van der Waals surface area (Å²) in [6.45, 7) is 1.74. The van der Waals surface area contributed by atoms with Gasteiger partial charge in [0.2, 0.25) is 0 Å². The van der Waals surface area contributed by atoms with Gasteiger partial charge in [0.25, 0.3) is 0 Å². The number of nitrogens with zero attached hydrogens (tertiary/aromatic N) is 2. The molecule has 0 aliphatic rings. The number of hydrogen-bond donors (Lipinski definition) is 0. The maximum Gasteiger partial charge on any atom is 0.419 e. The standard InChI is InChI=1S/C11H9F3N2O2/c1-2-18-10(17)4-7-3-8(11(12,13)14)9(5-15)16-6-7/h3,6H,2,4H2,1H3. The molecule has 0 fully saturated rings. The third kappa shape index (κ3) is 3.45. The van der Waals surface area contributed by atoms with Crippen LogP contribution in [0.3, 0.4) is 0 Å². The highest BCUT2D eigenvalue weighted by Gasteiger charge is 2.34. The lowest BCUT2D eigenvalue weighted by atomic mass is 10.1. The molecule has 1 aromatic rings. The van der Waals surface area contributed by atoms with Gasteiger partial charge in [-0.15, -0.1) is 0 Å². The van der Waals surface area contributed by atoms with E-state index in [-0.39, 0.29) is 18.6 Å². The maximum atomic E-state index is 12.6. The molecule has 0 spiro atoms. The first kappa shape index (κ1) is 14.0. The van der Waals surface area contributed by atoms with Crippen LogP contribution in [-0.4, -0.2) is 17.6 Å². The fourth-order valence-electron chi connectivity index (χ4n) is 1.29. The van der Waals surface area contributed by atoms with E-state index < -0.39 is 23.4 Å². The van der Waals surface area contributed by atoms with Crippen molar-refractivity contribution in [3.8, 4) is 6.07 Å². The van der Waals surface area contributed by atoms with Crippen LogP contribution in [0.5, 0.6) is 0 Å². The van der Waals surface area contributed by atoms with E-state index in [1.807, 2.05) is 0 Å². The Labute approximate surface area is 101 Å². The quantitative estimate of drug-likeness (QED) is 0.778. The summed E-state index contributed by atoms with van der Waals surface area (Å²) in [6.07, 6.45) is -3.93. The van der Waals surface area contributed by atoms with Crippen LogP contribution >= 0.6 is 0 Å². The molecule has 1 aromatic heterocycles. The number of alkyl halides is 3. The molecular formula is C11H9F3N2O2. The largest absolute Gasteiger partial charge is 0.466 e. The number of carbonyl (C=O) groups excluding carboxylic acids is 1. The fourth-order valence-corrected chi connectivity index (χ4v) is 1.29. The van der Waals surface area contributed by atoms with Crippen molar-refractivity contribution < 1.29 is 22.7 Å². The predicted octanol–water partition coefficient (Wildman–Crippen LogP) is 2.08. The minimum absolute atomic E-state index is 0.0553. The number of ether oxygens (including phenoxy) is 1. The molecule has 0 unspecified atom stereocenters. The average Bonchev–Trinajstić information content (AvgIpc) is 2.28. The summed E-state index contributed by atoms with van der Waals surface area (Å²) in [7, 11) is 0. The number of rotatable bonds is 3. The van der Waals surface area contributed by atoms with Crippen LogP contribution in [0.25, 0.3) is 0 Å². The van der Waals surface area contributed by atoms with Crippen LogP contribution in [0.1, 0.15) is 23.7 Å². The van der Waals surface area contributed by atoms with Gasteiger partial charge in [-0.1, -0.05) is 0 Å². The summed E-state index contributed by atoms with van der Waals surface area (Å²) in [5, 5.41) is 8.53. The number of pyridine rings is 1. The van der Waals surface area contributed by atoms with Crippen LogP contribution < -0.4 is 0 Å². The van der Waals surface area contributed by atoms with Gasteiger partial charge in [0, 0.05) is 6.20 Å². The number of aromatic nitrogens is 1. The minimum Gasteiger partial charge on any atom is -0.466 e. The minimum atomic E-state index is -4.68. The maximum absolute atomic E-state index is 12.6. The van der Waals surface area contributed by atoms with Crippen molar-refractivity contribution in [3.63, 3.8) is 0 Å². The zero-order valence-electron chi connectivity index (χ0n) is 9.41. The van der Waals surface area contributed by atoms with E-state index in [2.05, 4.69) is 9.72 Å². The number of halogens is 3. The molecule has 7 heteroatoms. The molecule has 0 aliphatic heterocycles. The van der Waals surface area contributed by atoms with Crippen LogP contribution in [0, 0.1) is 11.3 Å².